The van der Waals surface area contributed by atoms with Crippen LogP contribution in [0.15, 0.2) is 36.4 Å². The number of rotatable bonds is 7. The molecule has 2 aromatic carbocycles. The van der Waals surface area contributed by atoms with Gasteiger partial charge in [-0.25, -0.2) is 0 Å². The molecule has 146 valence electrons. The largest absolute Gasteiger partial charge is 0.322 e. The van der Waals surface area contributed by atoms with Gasteiger partial charge in [0.15, 0.2) is 13.1 Å². The summed E-state index contributed by atoms with van der Waals surface area (Å²) in [6.07, 6.45) is 0.343. The van der Waals surface area contributed by atoms with Crippen LogP contribution in [0.2, 0.25) is 0 Å². The van der Waals surface area contributed by atoms with E-state index >= 15 is 0 Å². The Morgan fingerprint density at radius 2 is 1.50 bits per heavy atom. The van der Waals surface area contributed by atoms with Gasteiger partial charge in [-0.2, -0.15) is 5.26 Å². The number of quaternary nitrogens is 1. The van der Waals surface area contributed by atoms with E-state index in [1.807, 2.05) is 52.1 Å². The average Bonchev–Trinajstić information content (AvgIpc) is 2.59. The Hall–Kier alpha value is -3.17. The minimum Gasteiger partial charge on any atom is -0.322 e. The maximum absolute atomic E-state index is 12.4. The smallest absolute Gasteiger partial charge is 0.279 e. The zero-order valence-corrected chi connectivity index (χ0v) is 16.8. The lowest BCUT2D eigenvalue weighted by Gasteiger charge is -2.16. The lowest BCUT2D eigenvalue weighted by atomic mass is 10.1. The monoisotopic (exact) mass is 379 g/mol. The fraction of sp³-hybridized carbons (Fsp3) is 0.318. The van der Waals surface area contributed by atoms with Crippen molar-refractivity contribution in [3.8, 4) is 6.07 Å². The number of amides is 2. The SMILES string of the molecule is Cc1cc(C)c(NC(=O)C[NH+](C)CC(=O)Nc2ccc(CC#N)cc2)c(C)c1. The first kappa shape index (κ1) is 21.1. The Morgan fingerprint density at radius 3 is 2.04 bits per heavy atom. The molecule has 28 heavy (non-hydrogen) atoms. The second kappa shape index (κ2) is 9.67. The number of carbonyl (C=O) groups is 2. The van der Waals surface area contributed by atoms with Crippen LogP contribution in [0.5, 0.6) is 0 Å². The summed E-state index contributed by atoms with van der Waals surface area (Å²) in [5, 5.41) is 14.5. The first-order chi connectivity index (χ1) is 13.3. The molecule has 0 saturated carbocycles. The van der Waals surface area contributed by atoms with Crippen LogP contribution in [0.25, 0.3) is 0 Å². The molecule has 1 atom stereocenters. The molecule has 6 heteroatoms. The van der Waals surface area contributed by atoms with Gasteiger partial charge in [-0.1, -0.05) is 29.8 Å². The Balaban J connectivity index is 1.85. The van der Waals surface area contributed by atoms with E-state index in [9.17, 15) is 9.59 Å². The van der Waals surface area contributed by atoms with Gasteiger partial charge in [0.05, 0.1) is 19.5 Å². The number of likely N-dealkylation sites (N-methyl/N-ethyl adjacent to an activating group) is 1. The van der Waals surface area contributed by atoms with E-state index in [0.29, 0.717) is 12.1 Å². The normalized spacial score (nSPS) is 11.4. The van der Waals surface area contributed by atoms with Crippen LogP contribution in [0.4, 0.5) is 11.4 Å². The summed E-state index contributed by atoms with van der Waals surface area (Å²) >= 11 is 0. The molecule has 3 N–H and O–H groups in total. The number of nitrogens with zero attached hydrogens (tertiary/aromatic N) is 1. The number of hydrogen-bond donors (Lipinski definition) is 3. The first-order valence-electron chi connectivity index (χ1n) is 9.23. The topological polar surface area (TPSA) is 86.4 Å². The first-order valence-corrected chi connectivity index (χ1v) is 9.23. The second-order valence-electron chi connectivity index (χ2n) is 7.21. The molecule has 1 unspecified atom stereocenters. The van der Waals surface area contributed by atoms with E-state index < -0.39 is 0 Å². The van der Waals surface area contributed by atoms with Crippen molar-refractivity contribution in [2.45, 2.75) is 27.2 Å². The van der Waals surface area contributed by atoms with Crippen LogP contribution in [-0.2, 0) is 16.0 Å². The van der Waals surface area contributed by atoms with Gasteiger partial charge in [0.25, 0.3) is 11.8 Å². The molecule has 0 heterocycles. The van der Waals surface area contributed by atoms with Crippen LogP contribution >= 0.6 is 0 Å². The van der Waals surface area contributed by atoms with Crippen LogP contribution in [-0.4, -0.2) is 32.0 Å². The molecule has 2 rings (SSSR count). The van der Waals surface area contributed by atoms with E-state index in [4.69, 9.17) is 5.26 Å². The minimum absolute atomic E-state index is 0.124. The standard InChI is InChI=1S/C22H26N4O2/c1-15-11-16(2)22(17(3)12-15)25-21(28)14-26(4)13-20(27)24-19-7-5-18(6-8-19)9-10-23/h5-8,11-12H,9,13-14H2,1-4H3,(H,24,27)(H,25,28)/p+1. The van der Waals surface area contributed by atoms with Crippen molar-refractivity contribution in [1.82, 2.24) is 0 Å². The van der Waals surface area contributed by atoms with Gasteiger partial charge in [0.1, 0.15) is 0 Å². The fourth-order valence-corrected chi connectivity index (χ4v) is 3.17. The van der Waals surface area contributed by atoms with E-state index in [1.54, 1.807) is 12.1 Å². The summed E-state index contributed by atoms with van der Waals surface area (Å²) in [5.41, 5.74) is 5.64. The number of hydrogen-bond acceptors (Lipinski definition) is 3. The molecule has 0 fully saturated rings. The number of aryl methyl sites for hydroxylation is 3. The summed E-state index contributed by atoms with van der Waals surface area (Å²) in [4.78, 5) is 25.4. The molecule has 0 saturated heterocycles. The van der Waals surface area contributed by atoms with Gasteiger partial charge < -0.3 is 15.5 Å². The third kappa shape index (κ3) is 6.22. The third-order valence-corrected chi connectivity index (χ3v) is 4.39. The van der Waals surface area contributed by atoms with Gasteiger partial charge in [-0.05, 0) is 49.6 Å². The van der Waals surface area contributed by atoms with Crippen LogP contribution in [0.3, 0.4) is 0 Å². The van der Waals surface area contributed by atoms with Gasteiger partial charge in [-0.3, -0.25) is 9.59 Å². The zero-order chi connectivity index (χ0) is 20.7. The highest BCUT2D eigenvalue weighted by Crippen LogP contribution is 2.21. The molecular formula is C22H27N4O2+. The Morgan fingerprint density at radius 1 is 0.964 bits per heavy atom. The summed E-state index contributed by atoms with van der Waals surface area (Å²) in [6.45, 7) is 6.35. The Bertz CT molecular complexity index is 875. The van der Waals surface area contributed by atoms with Crippen molar-refractivity contribution >= 4 is 23.2 Å². The van der Waals surface area contributed by atoms with Crippen molar-refractivity contribution in [3.63, 3.8) is 0 Å². The molecule has 0 aliphatic heterocycles. The summed E-state index contributed by atoms with van der Waals surface area (Å²) in [6, 6.07) is 13.3. The van der Waals surface area contributed by atoms with Crippen molar-refractivity contribution in [1.29, 1.82) is 5.26 Å². The van der Waals surface area contributed by atoms with Gasteiger partial charge in [0.2, 0.25) is 0 Å². The molecule has 0 aliphatic carbocycles. The van der Waals surface area contributed by atoms with Crippen molar-refractivity contribution in [2.24, 2.45) is 0 Å². The Labute approximate surface area is 166 Å². The van der Waals surface area contributed by atoms with Crippen LogP contribution in [0, 0.1) is 32.1 Å². The third-order valence-electron chi connectivity index (χ3n) is 4.39. The maximum Gasteiger partial charge on any atom is 0.279 e. The van der Waals surface area contributed by atoms with Crippen molar-refractivity contribution in [2.75, 3.05) is 30.8 Å². The quantitative estimate of drug-likeness (QED) is 0.685. The predicted octanol–water partition coefficient (Wildman–Crippen LogP) is 1.77. The van der Waals surface area contributed by atoms with Crippen LogP contribution in [0.1, 0.15) is 22.3 Å². The molecule has 2 amide bonds. The van der Waals surface area contributed by atoms with E-state index in [0.717, 1.165) is 32.8 Å². The van der Waals surface area contributed by atoms with Crippen molar-refractivity contribution in [3.05, 3.63) is 58.7 Å². The average molecular weight is 379 g/mol. The summed E-state index contributed by atoms with van der Waals surface area (Å²) < 4.78 is 0. The number of nitriles is 1. The number of anilines is 2. The molecule has 0 bridgehead atoms. The van der Waals surface area contributed by atoms with E-state index in [-0.39, 0.29) is 24.9 Å². The molecule has 0 radical (unpaired) electrons. The Kier molecular flexibility index (Phi) is 7.30. The summed E-state index contributed by atoms with van der Waals surface area (Å²) in [7, 11) is 1.81. The highest BCUT2D eigenvalue weighted by molar-refractivity contribution is 5.94. The molecule has 6 nitrogen and oxygen atoms in total. The highest BCUT2D eigenvalue weighted by Gasteiger charge is 2.16. The highest BCUT2D eigenvalue weighted by atomic mass is 16.2. The number of nitrogens with one attached hydrogen (secondary N) is 3. The molecule has 2 aromatic rings. The predicted molar refractivity (Wildman–Crippen MR) is 110 cm³/mol. The number of carbonyl (C=O) groups excluding carboxylic acids is 2. The van der Waals surface area contributed by atoms with E-state index in [1.165, 1.54) is 0 Å². The van der Waals surface area contributed by atoms with Gasteiger partial charge >= 0.3 is 0 Å². The zero-order valence-electron chi connectivity index (χ0n) is 16.8. The van der Waals surface area contributed by atoms with Gasteiger partial charge in [-0.15, -0.1) is 0 Å². The second-order valence-corrected chi connectivity index (χ2v) is 7.21. The van der Waals surface area contributed by atoms with Crippen LogP contribution < -0.4 is 15.5 Å². The molecule has 0 aromatic heterocycles. The minimum atomic E-state index is -0.166. The molecule has 0 aliphatic rings. The number of benzene rings is 2. The van der Waals surface area contributed by atoms with Crippen molar-refractivity contribution < 1.29 is 14.5 Å². The van der Waals surface area contributed by atoms with E-state index in [2.05, 4.69) is 16.7 Å². The van der Waals surface area contributed by atoms with Gasteiger partial charge in [0, 0.05) is 11.4 Å². The lowest BCUT2D eigenvalue weighted by molar-refractivity contribution is -0.862. The molecular weight excluding hydrogens is 352 g/mol. The maximum atomic E-state index is 12.4. The fourth-order valence-electron chi connectivity index (χ4n) is 3.17. The summed E-state index contributed by atoms with van der Waals surface area (Å²) in [5.74, 6) is -0.290. The lowest BCUT2D eigenvalue weighted by Crippen LogP contribution is -3.11. The molecule has 0 spiro atoms.